The van der Waals surface area contributed by atoms with E-state index in [9.17, 15) is 10.1 Å². The number of nitrogens with two attached hydrogens (primary N) is 1. The van der Waals surface area contributed by atoms with Crippen LogP contribution in [-0.4, -0.2) is 23.7 Å². The largest absolute Gasteiger partial charge is 0.397 e. The van der Waals surface area contributed by atoms with Gasteiger partial charge in [0, 0.05) is 107 Å². The van der Waals surface area contributed by atoms with Gasteiger partial charge in [0.15, 0.2) is 5.52 Å². The SMILES string of the molecule is CCCCCCC#Cc1cc2c3c(ccc4c5c(C#CCCCCCC)cc6c7c(ccc(c1c43)c57)c(=O)n1c3cc(C#CC(CCCCCCCCCC)CCCCCCCCCCCC)cc([N+](=O)[O-])c3nc61)c(=O)n1c3cc(C#CC(CCCCCCCCCC)CCCCCCCCCCCC)cc(N)c3nc21. The Hall–Kier alpha value is -8.44. The van der Waals surface area contributed by atoms with Crippen molar-refractivity contribution in [1.29, 1.82) is 0 Å². The number of hydrogen-bond acceptors (Lipinski definition) is 7. The Morgan fingerprint density at radius 2 is 0.670 bits per heavy atom. The molecule has 11 rings (SSSR count). The zero-order valence-corrected chi connectivity index (χ0v) is 69.7. The van der Waals surface area contributed by atoms with Crippen LogP contribution in [0.2, 0.25) is 0 Å². The lowest BCUT2D eigenvalue weighted by Gasteiger charge is -2.20. The number of benzene rings is 7. The molecule has 0 saturated carbocycles. The predicted octanol–water partition coefficient (Wildman–Crippen LogP) is 29.0. The van der Waals surface area contributed by atoms with Crippen molar-refractivity contribution in [3.63, 3.8) is 0 Å². The zero-order chi connectivity index (χ0) is 78.4. The molecule has 0 aliphatic heterocycles. The maximum atomic E-state index is 15.9. The van der Waals surface area contributed by atoms with Crippen LogP contribution in [0.25, 0.3) is 98.0 Å². The van der Waals surface area contributed by atoms with Gasteiger partial charge in [0.1, 0.15) is 16.8 Å². The molecule has 594 valence electrons. The number of rotatable bonds is 49. The normalized spacial score (nSPS) is 12.4. The Labute approximate surface area is 670 Å². The highest BCUT2D eigenvalue weighted by atomic mass is 16.6. The van der Waals surface area contributed by atoms with Crippen molar-refractivity contribution >= 4 is 109 Å². The van der Waals surface area contributed by atoms with Gasteiger partial charge in [-0.15, -0.1) is 0 Å². The third-order valence-electron chi connectivity index (χ3n) is 24.4. The van der Waals surface area contributed by atoms with E-state index >= 15 is 9.59 Å². The maximum absolute atomic E-state index is 15.9. The molecule has 0 spiro atoms. The fourth-order valence-electron chi connectivity index (χ4n) is 18.0. The number of hydrogen-bond donors (Lipinski definition) is 1. The standard InChI is InChI=1S/C102H132N6O4/c1-7-13-19-25-31-35-37-41-45-51-56-75(55-49-43-39-33-27-21-15-9-3)61-63-77-69-87(103)97-88(70-77)106-99(104-97)85-73-79(59-53-47-29-23-17-11-5)91-82-66-68-84-94-86(74-80(60-54-48-30-24-18-12-6)92(96(82)94)81-65-67-83(101(106)109)93(85)95(81)91)100-105-98-89(107(100)102(84)110)71-78(72-90(98)108(111)112)64-62-76(57-50-44-40-34-28-22-16-10-4)58-52-46-42-38-36-32-26-20-14-8-2/h65-76H,7-52,55-58,103H2,1-6H3. The lowest BCUT2D eigenvalue weighted by atomic mass is 9.82. The van der Waals surface area contributed by atoms with Crippen molar-refractivity contribution in [3.8, 4) is 47.4 Å². The van der Waals surface area contributed by atoms with Gasteiger partial charge >= 0.3 is 0 Å². The van der Waals surface area contributed by atoms with Crippen molar-refractivity contribution < 1.29 is 4.92 Å². The van der Waals surface area contributed by atoms with Gasteiger partial charge in [-0.05, 0) is 91.8 Å². The number of pyridine rings is 2. The summed E-state index contributed by atoms with van der Waals surface area (Å²) in [4.78, 5) is 55.4. The van der Waals surface area contributed by atoms with E-state index in [2.05, 4.69) is 113 Å². The molecule has 0 saturated heterocycles. The summed E-state index contributed by atoms with van der Waals surface area (Å²) in [6.07, 6.45) is 60.2. The third kappa shape index (κ3) is 21.3. The lowest BCUT2D eigenvalue weighted by Crippen LogP contribution is -2.14. The molecule has 4 aromatic heterocycles. The van der Waals surface area contributed by atoms with Crippen LogP contribution in [0.3, 0.4) is 0 Å². The molecule has 0 radical (unpaired) electrons. The van der Waals surface area contributed by atoms with Gasteiger partial charge in [-0.2, -0.15) is 0 Å². The number of aromatic nitrogens is 4. The average Bonchev–Trinajstić information content (AvgIpc) is 0.912. The third-order valence-corrected chi connectivity index (χ3v) is 24.4. The van der Waals surface area contributed by atoms with Crippen LogP contribution >= 0.6 is 0 Å². The maximum Gasteiger partial charge on any atom is 0.298 e. The Kier molecular flexibility index (Phi) is 33.4. The number of nitrogens with zero attached hydrogens (tertiary/aromatic N) is 5. The van der Waals surface area contributed by atoms with Crippen molar-refractivity contribution in [2.75, 3.05) is 5.73 Å². The number of nitrogen functional groups attached to an aromatic ring is 1. The van der Waals surface area contributed by atoms with E-state index in [1.807, 2.05) is 30.3 Å². The van der Waals surface area contributed by atoms with E-state index in [0.29, 0.717) is 68.1 Å². The van der Waals surface area contributed by atoms with Crippen LogP contribution in [0.15, 0.2) is 70.3 Å². The molecule has 0 aliphatic carbocycles. The molecule has 0 bridgehead atoms. The number of fused-ring (bicyclic) bond motifs is 10. The van der Waals surface area contributed by atoms with Crippen LogP contribution in [-0.2, 0) is 0 Å². The Bertz CT molecular complexity index is 5280. The number of nitro groups is 1. The van der Waals surface area contributed by atoms with Gasteiger partial charge < -0.3 is 5.73 Å². The molecule has 0 fully saturated rings. The second-order valence-corrected chi connectivity index (χ2v) is 33.3. The fraction of sp³-hybridized carbons (Fsp3) is 0.569. The molecule has 0 amide bonds. The molecule has 11 aromatic rings. The number of anilines is 1. The van der Waals surface area contributed by atoms with Gasteiger partial charge in [0.2, 0.25) is 0 Å². The smallest absolute Gasteiger partial charge is 0.298 e. The van der Waals surface area contributed by atoms with E-state index in [0.717, 1.165) is 155 Å². The Morgan fingerprint density at radius 3 is 1.03 bits per heavy atom. The highest BCUT2D eigenvalue weighted by molar-refractivity contribution is 6.42. The number of nitro benzene ring substituents is 1. The minimum absolute atomic E-state index is 0.149. The van der Waals surface area contributed by atoms with Gasteiger partial charge in [0.05, 0.1) is 21.6 Å². The molecule has 10 nitrogen and oxygen atoms in total. The molecule has 7 aromatic carbocycles. The topological polar surface area (TPSA) is 138 Å². The van der Waals surface area contributed by atoms with E-state index in [1.54, 1.807) is 14.9 Å². The van der Waals surface area contributed by atoms with Crippen molar-refractivity contribution in [2.45, 2.75) is 363 Å². The second-order valence-electron chi connectivity index (χ2n) is 33.3. The summed E-state index contributed by atoms with van der Waals surface area (Å²) in [5.41, 5.74) is 12.4. The van der Waals surface area contributed by atoms with Gasteiger partial charge in [0.25, 0.3) is 16.8 Å². The minimum atomic E-state index is -0.368. The summed E-state index contributed by atoms with van der Waals surface area (Å²) in [6.45, 7) is 13.6. The first-order valence-electron chi connectivity index (χ1n) is 45.5. The molecular formula is C102H132N6O4. The van der Waals surface area contributed by atoms with E-state index in [4.69, 9.17) is 15.7 Å². The number of unbranched alkanes of at least 4 members (excludes halogenated alkanes) is 40. The molecule has 112 heavy (non-hydrogen) atoms. The summed E-state index contributed by atoms with van der Waals surface area (Å²) >= 11 is 0. The lowest BCUT2D eigenvalue weighted by molar-refractivity contribution is -0.383. The first-order valence-corrected chi connectivity index (χ1v) is 45.5. The van der Waals surface area contributed by atoms with E-state index in [-0.39, 0.29) is 39.1 Å². The van der Waals surface area contributed by atoms with Crippen LogP contribution in [0.4, 0.5) is 11.4 Å². The van der Waals surface area contributed by atoms with Crippen LogP contribution in [0.1, 0.15) is 385 Å². The van der Waals surface area contributed by atoms with E-state index in [1.165, 1.54) is 218 Å². The predicted molar refractivity (Wildman–Crippen MR) is 481 cm³/mol. The Morgan fingerprint density at radius 1 is 0.357 bits per heavy atom. The highest BCUT2D eigenvalue weighted by Crippen LogP contribution is 2.49. The highest BCUT2D eigenvalue weighted by Gasteiger charge is 2.29. The van der Waals surface area contributed by atoms with E-state index < -0.39 is 0 Å². The summed E-state index contributed by atoms with van der Waals surface area (Å²) in [6, 6.07) is 19.7. The molecule has 2 N–H and O–H groups in total. The van der Waals surface area contributed by atoms with Crippen LogP contribution in [0.5, 0.6) is 0 Å². The monoisotopic (exact) mass is 1510 g/mol. The average molecular weight is 1510 g/mol. The van der Waals surface area contributed by atoms with Crippen molar-refractivity contribution in [1.82, 2.24) is 18.8 Å². The second kappa shape index (κ2) is 44.3. The zero-order valence-electron chi connectivity index (χ0n) is 69.7. The molecule has 10 heteroatoms. The summed E-state index contributed by atoms with van der Waals surface area (Å²) in [7, 11) is 0. The number of non-ortho nitro benzene ring substituents is 1. The quantitative estimate of drug-likeness (QED) is 0.00762. The summed E-state index contributed by atoms with van der Waals surface area (Å²) in [5, 5.41) is 22.8. The van der Waals surface area contributed by atoms with Crippen molar-refractivity contribution in [3.05, 3.63) is 114 Å². The fourth-order valence-corrected chi connectivity index (χ4v) is 18.0. The molecule has 2 atom stereocenters. The van der Waals surface area contributed by atoms with Gasteiger partial charge in [-0.25, -0.2) is 9.97 Å². The molecule has 0 aliphatic rings. The molecule has 2 unspecified atom stereocenters. The summed E-state index contributed by atoms with van der Waals surface area (Å²) < 4.78 is 3.37. The first-order chi connectivity index (χ1) is 55.0. The van der Waals surface area contributed by atoms with Crippen LogP contribution in [0, 0.1) is 69.3 Å². The van der Waals surface area contributed by atoms with Gasteiger partial charge in [-0.3, -0.25) is 28.5 Å². The molecule has 4 heterocycles. The Balaban J connectivity index is 1.03. The van der Waals surface area contributed by atoms with Crippen LogP contribution < -0.4 is 16.9 Å². The summed E-state index contributed by atoms with van der Waals surface area (Å²) in [5.74, 6) is 29.7. The van der Waals surface area contributed by atoms with Gasteiger partial charge in [-0.1, -0.05) is 371 Å². The first kappa shape index (κ1) is 84.5. The minimum Gasteiger partial charge on any atom is -0.397 e. The molecular weight excluding hydrogens is 1370 g/mol. The number of imidazole rings is 2. The van der Waals surface area contributed by atoms with Crippen molar-refractivity contribution in [2.24, 2.45) is 11.8 Å².